The first-order chi connectivity index (χ1) is 15.5. The molecule has 1 fully saturated rings. The number of hydrogen-bond acceptors (Lipinski definition) is 6. The van der Waals surface area contributed by atoms with Crippen molar-refractivity contribution in [2.45, 2.75) is 18.9 Å². The molecule has 32 heavy (non-hydrogen) atoms. The van der Waals surface area contributed by atoms with Crippen molar-refractivity contribution < 1.29 is 19.1 Å². The van der Waals surface area contributed by atoms with E-state index in [1.165, 1.54) is 12.0 Å². The highest BCUT2D eigenvalue weighted by Gasteiger charge is 2.44. The number of likely N-dealkylation sites (tertiary alicyclic amines) is 1. The van der Waals surface area contributed by atoms with Crippen LogP contribution in [-0.2, 0) is 9.59 Å². The Morgan fingerprint density at radius 2 is 1.47 bits per heavy atom. The number of piperidine rings is 1. The molecule has 0 spiro atoms. The van der Waals surface area contributed by atoms with Gasteiger partial charge in [0.15, 0.2) is 0 Å². The van der Waals surface area contributed by atoms with E-state index in [4.69, 9.17) is 9.47 Å². The summed E-state index contributed by atoms with van der Waals surface area (Å²) in [5.41, 5.74) is 1.81. The second-order valence-electron chi connectivity index (χ2n) is 8.19. The van der Waals surface area contributed by atoms with Gasteiger partial charge in [0.1, 0.15) is 17.2 Å². The smallest absolute Gasteiger partial charge is 0.282 e. The van der Waals surface area contributed by atoms with Crippen molar-refractivity contribution in [3.05, 3.63) is 59.8 Å². The van der Waals surface area contributed by atoms with Crippen LogP contribution in [0.15, 0.2) is 54.2 Å². The molecule has 7 nitrogen and oxygen atoms in total. The summed E-state index contributed by atoms with van der Waals surface area (Å²) >= 11 is 0. The molecule has 2 amide bonds. The minimum Gasteiger partial charge on any atom is -0.496 e. The molecule has 0 radical (unpaired) electrons. The minimum atomic E-state index is -0.376. The average molecular weight is 436 g/mol. The van der Waals surface area contributed by atoms with Gasteiger partial charge >= 0.3 is 0 Å². The molecule has 2 aromatic carbocycles. The van der Waals surface area contributed by atoms with Crippen LogP contribution in [0.1, 0.15) is 18.4 Å². The second-order valence-corrected chi connectivity index (χ2v) is 8.19. The number of ether oxygens (including phenoxy) is 2. The molecule has 2 heterocycles. The van der Waals surface area contributed by atoms with Crippen LogP contribution in [0.4, 0.5) is 5.69 Å². The highest BCUT2D eigenvalue weighted by Crippen LogP contribution is 2.41. The lowest BCUT2D eigenvalue weighted by Gasteiger charge is -2.36. The van der Waals surface area contributed by atoms with E-state index in [1.54, 1.807) is 31.4 Å². The number of benzene rings is 2. The number of amides is 2. The number of likely N-dealkylation sites (N-methyl/N-ethyl adjacent to an activating group) is 1. The monoisotopic (exact) mass is 435 g/mol. The third-order valence-electron chi connectivity index (χ3n) is 6.35. The fraction of sp³-hybridized carbons (Fsp3) is 0.360. The highest BCUT2D eigenvalue weighted by molar-refractivity contribution is 6.46. The Labute approximate surface area is 188 Å². The average Bonchev–Trinajstić information content (AvgIpc) is 3.08. The molecule has 0 aliphatic carbocycles. The van der Waals surface area contributed by atoms with Crippen LogP contribution in [0.2, 0.25) is 0 Å². The molecule has 0 N–H and O–H groups in total. The van der Waals surface area contributed by atoms with Crippen LogP contribution in [-0.4, -0.2) is 69.1 Å². The number of nitrogens with zero attached hydrogens (tertiary/aromatic N) is 3. The predicted octanol–water partition coefficient (Wildman–Crippen LogP) is 3.01. The fourth-order valence-corrected chi connectivity index (χ4v) is 4.54. The Kier molecular flexibility index (Phi) is 6.19. The molecule has 4 rings (SSSR count). The number of carbonyl (C=O) groups is 2. The standard InChI is InChI=1S/C25H29N3O4/c1-26-15-13-17(14-16-26)27(2)23-22(18-9-5-7-11-20(18)31-3)24(29)28(25(23)30)19-10-6-8-12-21(19)32-4/h5-12,17H,13-16H2,1-4H3. The van der Waals surface area contributed by atoms with Crippen LogP contribution < -0.4 is 14.4 Å². The summed E-state index contributed by atoms with van der Waals surface area (Å²) < 4.78 is 11.0. The van der Waals surface area contributed by atoms with E-state index in [9.17, 15) is 9.59 Å². The summed E-state index contributed by atoms with van der Waals surface area (Å²) in [6, 6.07) is 14.6. The molecule has 0 atom stereocenters. The maximum absolute atomic E-state index is 13.8. The molecule has 7 heteroatoms. The van der Waals surface area contributed by atoms with Crippen molar-refractivity contribution in [2.75, 3.05) is 46.3 Å². The van der Waals surface area contributed by atoms with Gasteiger partial charge in [0.25, 0.3) is 11.8 Å². The number of anilines is 1. The summed E-state index contributed by atoms with van der Waals surface area (Å²) in [4.78, 5) is 33.1. The SMILES string of the molecule is COc1ccccc1C1=C(N(C)C2CCN(C)CC2)C(=O)N(c2ccccc2OC)C1=O. The molecular formula is C25H29N3O4. The van der Waals surface area contributed by atoms with Gasteiger partial charge in [-0.1, -0.05) is 30.3 Å². The van der Waals surface area contributed by atoms with Crippen molar-refractivity contribution in [1.29, 1.82) is 0 Å². The van der Waals surface area contributed by atoms with Crippen LogP contribution in [0, 0.1) is 0 Å². The molecule has 168 valence electrons. The molecule has 0 aromatic heterocycles. The van der Waals surface area contributed by atoms with Gasteiger partial charge in [-0.3, -0.25) is 9.59 Å². The molecule has 2 aromatic rings. The van der Waals surface area contributed by atoms with Gasteiger partial charge in [-0.15, -0.1) is 0 Å². The van der Waals surface area contributed by atoms with Gasteiger partial charge in [-0.2, -0.15) is 0 Å². The van der Waals surface area contributed by atoms with Gasteiger partial charge in [-0.25, -0.2) is 4.90 Å². The maximum Gasteiger partial charge on any atom is 0.282 e. The zero-order valence-corrected chi connectivity index (χ0v) is 19.0. The van der Waals surface area contributed by atoms with Crippen molar-refractivity contribution in [3.63, 3.8) is 0 Å². The Balaban J connectivity index is 1.85. The molecular weight excluding hydrogens is 406 g/mol. The first-order valence-electron chi connectivity index (χ1n) is 10.8. The summed E-state index contributed by atoms with van der Waals surface area (Å²) in [5.74, 6) is 0.303. The van der Waals surface area contributed by atoms with E-state index in [0.29, 0.717) is 34.0 Å². The van der Waals surface area contributed by atoms with Crippen molar-refractivity contribution in [3.8, 4) is 11.5 Å². The second kappa shape index (κ2) is 9.04. The Morgan fingerprint density at radius 1 is 0.875 bits per heavy atom. The number of hydrogen-bond donors (Lipinski definition) is 0. The van der Waals surface area contributed by atoms with Crippen molar-refractivity contribution >= 4 is 23.1 Å². The fourth-order valence-electron chi connectivity index (χ4n) is 4.54. The lowest BCUT2D eigenvalue weighted by molar-refractivity contribution is -0.120. The molecule has 0 unspecified atom stereocenters. The van der Waals surface area contributed by atoms with E-state index in [0.717, 1.165) is 25.9 Å². The third kappa shape index (κ3) is 3.73. The van der Waals surface area contributed by atoms with Crippen LogP contribution in [0.5, 0.6) is 11.5 Å². The maximum atomic E-state index is 13.8. The third-order valence-corrected chi connectivity index (χ3v) is 6.35. The first-order valence-corrected chi connectivity index (χ1v) is 10.8. The van der Waals surface area contributed by atoms with Crippen LogP contribution >= 0.6 is 0 Å². The van der Waals surface area contributed by atoms with Gasteiger partial charge in [0.05, 0.1) is 25.5 Å². The minimum absolute atomic E-state index is 0.167. The Hall–Kier alpha value is -3.32. The zero-order chi connectivity index (χ0) is 22.8. The van der Waals surface area contributed by atoms with E-state index >= 15 is 0 Å². The van der Waals surface area contributed by atoms with E-state index in [-0.39, 0.29) is 17.9 Å². The van der Waals surface area contributed by atoms with Crippen LogP contribution in [0.3, 0.4) is 0 Å². The summed E-state index contributed by atoms with van der Waals surface area (Å²) in [7, 11) is 7.12. The lowest BCUT2D eigenvalue weighted by Crippen LogP contribution is -2.43. The van der Waals surface area contributed by atoms with Crippen molar-refractivity contribution in [1.82, 2.24) is 9.80 Å². The highest BCUT2D eigenvalue weighted by atomic mass is 16.5. The van der Waals surface area contributed by atoms with Crippen LogP contribution in [0.25, 0.3) is 5.57 Å². The first kappa shape index (κ1) is 21.9. The molecule has 2 aliphatic rings. The van der Waals surface area contributed by atoms with Gasteiger partial charge in [-0.05, 0) is 51.2 Å². The van der Waals surface area contributed by atoms with Crippen molar-refractivity contribution in [2.24, 2.45) is 0 Å². The lowest BCUT2D eigenvalue weighted by atomic mass is 9.99. The van der Waals surface area contributed by atoms with Gasteiger partial charge in [0.2, 0.25) is 0 Å². The Morgan fingerprint density at radius 3 is 2.12 bits per heavy atom. The summed E-state index contributed by atoms with van der Waals surface area (Å²) in [5, 5.41) is 0. The summed E-state index contributed by atoms with van der Waals surface area (Å²) in [6.07, 6.45) is 1.84. The van der Waals surface area contributed by atoms with E-state index in [2.05, 4.69) is 11.9 Å². The number of rotatable bonds is 6. The largest absolute Gasteiger partial charge is 0.496 e. The number of carbonyl (C=O) groups excluding carboxylic acids is 2. The number of imide groups is 1. The molecule has 2 aliphatic heterocycles. The predicted molar refractivity (Wildman–Crippen MR) is 124 cm³/mol. The molecule has 0 saturated carbocycles. The van der Waals surface area contributed by atoms with E-state index in [1.807, 2.05) is 36.2 Å². The molecule has 1 saturated heterocycles. The normalized spacial score (nSPS) is 17.8. The summed E-state index contributed by atoms with van der Waals surface area (Å²) in [6.45, 7) is 1.90. The Bertz CT molecular complexity index is 1060. The quantitative estimate of drug-likeness (QED) is 0.650. The number of para-hydroxylation sites is 3. The van der Waals surface area contributed by atoms with Gasteiger partial charge in [0, 0.05) is 18.7 Å². The molecule has 0 bridgehead atoms. The van der Waals surface area contributed by atoms with Gasteiger partial charge < -0.3 is 19.3 Å². The zero-order valence-electron chi connectivity index (χ0n) is 19.0. The number of methoxy groups -OCH3 is 2. The van der Waals surface area contributed by atoms with E-state index < -0.39 is 0 Å². The topological polar surface area (TPSA) is 62.3 Å².